The minimum Gasteiger partial charge on any atom is -0.394 e. The molecule has 2 N–H and O–H groups in total. The molecule has 0 unspecified atom stereocenters. The van der Waals surface area contributed by atoms with Crippen LogP contribution in [-0.4, -0.2) is 27.5 Å². The molecule has 2 atom stereocenters. The van der Waals surface area contributed by atoms with Crippen molar-refractivity contribution in [3.05, 3.63) is 94.4 Å². The number of fused-ring (bicyclic) bond motifs is 1. The van der Waals surface area contributed by atoms with Crippen molar-refractivity contribution in [1.82, 2.24) is 4.57 Å². The quantitative estimate of drug-likeness (QED) is 0.427. The summed E-state index contributed by atoms with van der Waals surface area (Å²) in [6.07, 6.45) is 0.745. The first-order valence-electron chi connectivity index (χ1n) is 9.09. The van der Waals surface area contributed by atoms with E-state index in [0.29, 0.717) is 15.6 Å². The fourth-order valence-electron chi connectivity index (χ4n) is 3.72. The van der Waals surface area contributed by atoms with E-state index in [4.69, 9.17) is 23.2 Å². The smallest absolute Gasteiger partial charge is 0.123 e. The van der Waals surface area contributed by atoms with Crippen molar-refractivity contribution in [2.24, 2.45) is 0 Å². The predicted molar refractivity (Wildman–Crippen MR) is 115 cm³/mol. The van der Waals surface area contributed by atoms with Crippen molar-refractivity contribution < 1.29 is 14.6 Å². The third kappa shape index (κ3) is 3.77. The highest BCUT2D eigenvalue weighted by Crippen LogP contribution is 2.39. The number of hydrogen-bond donors (Lipinski definition) is 2. The Kier molecular flexibility index (Phi) is 5.61. The van der Waals surface area contributed by atoms with E-state index < -0.39 is 24.6 Å². The van der Waals surface area contributed by atoms with Crippen molar-refractivity contribution in [2.75, 3.05) is 6.61 Å². The van der Waals surface area contributed by atoms with Crippen molar-refractivity contribution in [3.63, 3.8) is 0 Å². The maximum atomic E-state index is 13.9. The van der Waals surface area contributed by atoms with Gasteiger partial charge in [0.05, 0.1) is 12.6 Å². The van der Waals surface area contributed by atoms with Gasteiger partial charge < -0.3 is 14.8 Å². The van der Waals surface area contributed by atoms with Gasteiger partial charge in [0.15, 0.2) is 0 Å². The molecular formula is C23H18Cl2FNO2. The van der Waals surface area contributed by atoms with Gasteiger partial charge in [0.2, 0.25) is 0 Å². The molecule has 4 aromatic rings. The van der Waals surface area contributed by atoms with Crippen LogP contribution in [-0.2, 0) is 0 Å². The maximum Gasteiger partial charge on any atom is 0.123 e. The molecule has 4 rings (SSSR count). The first-order valence-corrected chi connectivity index (χ1v) is 9.84. The molecular weight excluding hydrogens is 412 g/mol. The van der Waals surface area contributed by atoms with E-state index in [0.717, 1.165) is 22.0 Å². The number of rotatable bonds is 5. The van der Waals surface area contributed by atoms with Gasteiger partial charge >= 0.3 is 0 Å². The molecule has 1 aromatic heterocycles. The van der Waals surface area contributed by atoms with E-state index in [-0.39, 0.29) is 0 Å². The largest absolute Gasteiger partial charge is 0.394 e. The summed E-state index contributed by atoms with van der Waals surface area (Å²) < 4.78 is 15.8. The summed E-state index contributed by atoms with van der Waals surface area (Å²) in [7, 11) is 0. The van der Waals surface area contributed by atoms with Crippen LogP contribution in [0.3, 0.4) is 0 Å². The Hall–Kier alpha value is -2.37. The number of benzene rings is 3. The monoisotopic (exact) mass is 429 g/mol. The summed E-state index contributed by atoms with van der Waals surface area (Å²) in [4.78, 5) is 0. The van der Waals surface area contributed by atoms with Crippen molar-refractivity contribution in [1.29, 1.82) is 0 Å². The zero-order valence-corrected chi connectivity index (χ0v) is 16.8. The zero-order valence-electron chi connectivity index (χ0n) is 15.3. The topological polar surface area (TPSA) is 45.4 Å². The molecule has 3 nitrogen and oxygen atoms in total. The van der Waals surface area contributed by atoms with Gasteiger partial charge in [0.25, 0.3) is 0 Å². The third-order valence-electron chi connectivity index (χ3n) is 5.00. The highest BCUT2D eigenvalue weighted by molar-refractivity contribution is 6.36. The molecule has 0 aliphatic heterocycles. The van der Waals surface area contributed by atoms with Crippen molar-refractivity contribution in [3.8, 4) is 11.1 Å². The standard InChI is InChI=1S/C23H18Cl2FNO2/c24-15-8-9-17(20(25)11-15)19-12-27(21-7-2-1-6-18(19)21)23(22(29)13-28)14-4-3-5-16(26)10-14/h1-12,22-23,28-29H,13H2/t22-,23+/m1/s1. The Morgan fingerprint density at radius 2 is 1.72 bits per heavy atom. The molecule has 0 radical (unpaired) electrons. The molecule has 3 aromatic carbocycles. The second-order valence-corrected chi connectivity index (χ2v) is 7.68. The minimum atomic E-state index is -1.12. The maximum absolute atomic E-state index is 13.9. The summed E-state index contributed by atoms with van der Waals surface area (Å²) in [5.41, 5.74) is 3.03. The number of nitrogens with zero attached hydrogens (tertiary/aromatic N) is 1. The Bertz CT molecular complexity index is 1170. The SMILES string of the molecule is OC[C@@H](O)[C@H](c1cccc(F)c1)n1cc(-c2ccc(Cl)cc2Cl)c2ccccc21. The lowest BCUT2D eigenvalue weighted by Crippen LogP contribution is -2.28. The fraction of sp³-hybridized carbons (Fsp3) is 0.130. The summed E-state index contributed by atoms with van der Waals surface area (Å²) >= 11 is 12.5. The first-order chi connectivity index (χ1) is 14.0. The molecule has 1 heterocycles. The van der Waals surface area contributed by atoms with Crippen LogP contribution in [0.15, 0.2) is 72.9 Å². The van der Waals surface area contributed by atoms with E-state index in [1.54, 1.807) is 24.3 Å². The highest BCUT2D eigenvalue weighted by atomic mass is 35.5. The third-order valence-corrected chi connectivity index (χ3v) is 5.55. The minimum absolute atomic E-state index is 0.407. The van der Waals surface area contributed by atoms with Crippen LogP contribution >= 0.6 is 23.2 Å². The van der Waals surface area contributed by atoms with E-state index >= 15 is 0 Å². The van der Waals surface area contributed by atoms with Crippen LogP contribution in [0.1, 0.15) is 11.6 Å². The van der Waals surface area contributed by atoms with Crippen molar-refractivity contribution >= 4 is 34.1 Å². The van der Waals surface area contributed by atoms with Crippen LogP contribution in [0.5, 0.6) is 0 Å². The fourth-order valence-corrected chi connectivity index (χ4v) is 4.23. The van der Waals surface area contributed by atoms with Gasteiger partial charge in [-0.2, -0.15) is 0 Å². The van der Waals surface area contributed by atoms with Gasteiger partial charge in [0, 0.05) is 38.3 Å². The van der Waals surface area contributed by atoms with Gasteiger partial charge in [0.1, 0.15) is 11.9 Å². The second-order valence-electron chi connectivity index (χ2n) is 6.84. The molecule has 0 aliphatic carbocycles. The Morgan fingerprint density at radius 1 is 0.931 bits per heavy atom. The number of halogens is 3. The van der Waals surface area contributed by atoms with E-state index in [1.807, 2.05) is 41.1 Å². The van der Waals surface area contributed by atoms with Crippen LogP contribution in [0.4, 0.5) is 4.39 Å². The molecule has 0 spiro atoms. The number of hydrogen-bond acceptors (Lipinski definition) is 2. The molecule has 148 valence electrons. The van der Waals surface area contributed by atoms with Crippen LogP contribution < -0.4 is 0 Å². The van der Waals surface area contributed by atoms with E-state index in [9.17, 15) is 14.6 Å². The Morgan fingerprint density at radius 3 is 2.45 bits per heavy atom. The van der Waals surface area contributed by atoms with Crippen LogP contribution in [0.25, 0.3) is 22.0 Å². The summed E-state index contributed by atoms with van der Waals surface area (Å²) in [5, 5.41) is 22.2. The predicted octanol–water partition coefficient (Wildman–Crippen LogP) is 5.70. The number of para-hydroxylation sites is 1. The molecule has 0 bridgehead atoms. The van der Waals surface area contributed by atoms with Gasteiger partial charge in [-0.1, -0.05) is 59.6 Å². The van der Waals surface area contributed by atoms with E-state index in [1.165, 1.54) is 12.1 Å². The summed E-state index contributed by atoms with van der Waals surface area (Å²) in [6, 6.07) is 18.3. The highest BCUT2D eigenvalue weighted by Gasteiger charge is 2.26. The summed E-state index contributed by atoms with van der Waals surface area (Å²) in [5.74, 6) is -0.407. The normalized spacial score (nSPS) is 13.6. The number of aromatic nitrogens is 1. The van der Waals surface area contributed by atoms with Gasteiger partial charge in [-0.15, -0.1) is 0 Å². The van der Waals surface area contributed by atoms with Gasteiger partial charge in [-0.25, -0.2) is 4.39 Å². The molecule has 6 heteroatoms. The first kappa shape index (κ1) is 19.9. The molecule has 0 amide bonds. The number of aliphatic hydroxyl groups excluding tert-OH is 2. The van der Waals surface area contributed by atoms with Gasteiger partial charge in [-0.05, 0) is 35.9 Å². The van der Waals surface area contributed by atoms with E-state index in [2.05, 4.69) is 0 Å². The lowest BCUT2D eigenvalue weighted by Gasteiger charge is -2.25. The average molecular weight is 430 g/mol. The number of aliphatic hydroxyl groups is 2. The molecule has 0 fully saturated rings. The van der Waals surface area contributed by atoms with Gasteiger partial charge in [-0.3, -0.25) is 0 Å². The molecule has 0 saturated carbocycles. The van der Waals surface area contributed by atoms with Crippen LogP contribution in [0, 0.1) is 5.82 Å². The summed E-state index contributed by atoms with van der Waals surface area (Å²) in [6.45, 7) is -0.468. The molecule has 29 heavy (non-hydrogen) atoms. The lowest BCUT2D eigenvalue weighted by atomic mass is 10.0. The molecule has 0 aliphatic rings. The average Bonchev–Trinajstić information content (AvgIpc) is 3.07. The lowest BCUT2D eigenvalue weighted by molar-refractivity contribution is 0.0653. The van der Waals surface area contributed by atoms with Crippen molar-refractivity contribution in [2.45, 2.75) is 12.1 Å². The van der Waals surface area contributed by atoms with Crippen LogP contribution in [0.2, 0.25) is 10.0 Å². The Balaban J connectivity index is 1.97. The Labute approximate surface area is 177 Å². The molecule has 0 saturated heterocycles. The second kappa shape index (κ2) is 8.17. The zero-order chi connectivity index (χ0) is 20.5.